The monoisotopic (exact) mass is 206 g/mol. The molecule has 1 rings (SSSR count). The van der Waals surface area contributed by atoms with E-state index in [1.54, 1.807) is 0 Å². The Morgan fingerprint density at radius 1 is 1.14 bits per heavy atom. The molecule has 0 aromatic heterocycles. The lowest BCUT2D eigenvalue weighted by Gasteiger charge is -2.14. The molecule has 0 aliphatic carbocycles. The quantitative estimate of drug-likeness (QED) is 0.775. The van der Waals surface area contributed by atoms with Crippen molar-refractivity contribution in [2.75, 3.05) is 0 Å². The molecule has 14 heavy (non-hydrogen) atoms. The van der Waals surface area contributed by atoms with Gasteiger partial charge in [-0.25, -0.2) is 0 Å². The standard InChI is InChI=1S/C9H9F3O2/c10-9(11,12)8(14)5-6-1-3-7(13)4-2-6/h1-4,8,13-14H,5H2/t8-/m1/s1. The van der Waals surface area contributed by atoms with Gasteiger partial charge < -0.3 is 10.2 Å². The fourth-order valence-electron chi connectivity index (χ4n) is 0.971. The predicted octanol–water partition coefficient (Wildman–Crippen LogP) is 1.86. The molecule has 0 radical (unpaired) electrons. The van der Waals surface area contributed by atoms with E-state index in [9.17, 15) is 13.2 Å². The van der Waals surface area contributed by atoms with Crippen LogP contribution >= 0.6 is 0 Å². The molecule has 1 aromatic rings. The van der Waals surface area contributed by atoms with Crippen LogP contribution in [0.4, 0.5) is 13.2 Å². The first kappa shape index (κ1) is 10.8. The average molecular weight is 206 g/mol. The number of benzene rings is 1. The molecule has 0 fully saturated rings. The number of rotatable bonds is 2. The normalized spacial score (nSPS) is 14.0. The molecule has 0 amide bonds. The summed E-state index contributed by atoms with van der Waals surface area (Å²) in [6.45, 7) is 0. The summed E-state index contributed by atoms with van der Waals surface area (Å²) < 4.78 is 35.7. The number of aliphatic hydroxyl groups is 1. The number of phenolic OH excluding ortho intramolecular Hbond substituents is 1. The molecule has 2 nitrogen and oxygen atoms in total. The highest BCUT2D eigenvalue weighted by atomic mass is 19.4. The summed E-state index contributed by atoms with van der Waals surface area (Å²) in [6.07, 6.45) is -7.45. The molecule has 78 valence electrons. The van der Waals surface area contributed by atoms with E-state index in [1.807, 2.05) is 0 Å². The molecule has 1 aromatic carbocycles. The SMILES string of the molecule is Oc1ccc(C[C@@H](O)C(F)(F)F)cc1. The summed E-state index contributed by atoms with van der Waals surface area (Å²) in [4.78, 5) is 0. The van der Waals surface area contributed by atoms with Gasteiger partial charge in [-0.3, -0.25) is 0 Å². The lowest BCUT2D eigenvalue weighted by atomic mass is 10.1. The van der Waals surface area contributed by atoms with Crippen LogP contribution in [0.2, 0.25) is 0 Å². The molecule has 0 aliphatic rings. The number of hydrogen-bond donors (Lipinski definition) is 2. The second-order valence-electron chi connectivity index (χ2n) is 2.93. The van der Waals surface area contributed by atoms with Gasteiger partial charge in [-0.15, -0.1) is 0 Å². The third-order valence-corrected chi connectivity index (χ3v) is 1.74. The molecular weight excluding hydrogens is 197 g/mol. The average Bonchev–Trinajstić information content (AvgIpc) is 2.07. The Morgan fingerprint density at radius 3 is 2.07 bits per heavy atom. The Labute approximate surface area is 78.6 Å². The maximum Gasteiger partial charge on any atom is 0.414 e. The van der Waals surface area contributed by atoms with E-state index in [0.717, 1.165) is 0 Å². The minimum Gasteiger partial charge on any atom is -0.508 e. The van der Waals surface area contributed by atoms with Crippen LogP contribution < -0.4 is 0 Å². The van der Waals surface area contributed by atoms with Crippen molar-refractivity contribution in [1.82, 2.24) is 0 Å². The molecule has 0 spiro atoms. The van der Waals surface area contributed by atoms with Crippen LogP contribution in [-0.2, 0) is 6.42 Å². The predicted molar refractivity (Wildman–Crippen MR) is 43.9 cm³/mol. The molecule has 0 aliphatic heterocycles. The zero-order valence-corrected chi connectivity index (χ0v) is 7.12. The van der Waals surface area contributed by atoms with E-state index >= 15 is 0 Å². The second kappa shape index (κ2) is 3.88. The van der Waals surface area contributed by atoms with E-state index < -0.39 is 18.7 Å². The largest absolute Gasteiger partial charge is 0.508 e. The van der Waals surface area contributed by atoms with E-state index in [1.165, 1.54) is 24.3 Å². The van der Waals surface area contributed by atoms with E-state index in [2.05, 4.69) is 0 Å². The van der Waals surface area contributed by atoms with Gasteiger partial charge in [0.2, 0.25) is 0 Å². The summed E-state index contributed by atoms with van der Waals surface area (Å²) in [7, 11) is 0. The van der Waals surface area contributed by atoms with Gasteiger partial charge in [0.1, 0.15) is 5.75 Å². The van der Waals surface area contributed by atoms with Crippen LogP contribution in [0.5, 0.6) is 5.75 Å². The van der Waals surface area contributed by atoms with Gasteiger partial charge in [0.05, 0.1) is 0 Å². The van der Waals surface area contributed by atoms with Gasteiger partial charge in [-0.2, -0.15) is 13.2 Å². The van der Waals surface area contributed by atoms with Crippen LogP contribution in [0.25, 0.3) is 0 Å². The van der Waals surface area contributed by atoms with Gasteiger partial charge in [0.25, 0.3) is 0 Å². The molecule has 0 unspecified atom stereocenters. The van der Waals surface area contributed by atoms with Crippen LogP contribution in [0, 0.1) is 0 Å². The lowest BCUT2D eigenvalue weighted by molar-refractivity contribution is -0.203. The number of hydrogen-bond acceptors (Lipinski definition) is 2. The van der Waals surface area contributed by atoms with E-state index in [4.69, 9.17) is 10.2 Å². The molecule has 0 heterocycles. The topological polar surface area (TPSA) is 40.5 Å². The maximum atomic E-state index is 11.9. The summed E-state index contributed by atoms with van der Waals surface area (Å²) in [5.74, 6) is -0.0183. The van der Waals surface area contributed by atoms with Gasteiger partial charge in [-0.1, -0.05) is 12.1 Å². The van der Waals surface area contributed by atoms with E-state index in [0.29, 0.717) is 5.56 Å². The second-order valence-corrected chi connectivity index (χ2v) is 2.93. The fraction of sp³-hybridized carbons (Fsp3) is 0.333. The van der Waals surface area contributed by atoms with Crippen LogP contribution in [0.15, 0.2) is 24.3 Å². The number of aromatic hydroxyl groups is 1. The number of phenols is 1. The van der Waals surface area contributed by atoms with E-state index in [-0.39, 0.29) is 5.75 Å². The fourth-order valence-corrected chi connectivity index (χ4v) is 0.971. The highest BCUT2D eigenvalue weighted by Crippen LogP contribution is 2.23. The maximum absolute atomic E-state index is 11.9. The number of aliphatic hydroxyl groups excluding tert-OH is 1. The van der Waals surface area contributed by atoms with Gasteiger partial charge in [-0.05, 0) is 17.7 Å². The summed E-state index contributed by atoms with van der Waals surface area (Å²) in [6, 6.07) is 5.23. The third kappa shape index (κ3) is 2.92. The van der Waals surface area contributed by atoms with Crippen molar-refractivity contribution < 1.29 is 23.4 Å². The minimum atomic E-state index is -4.60. The Hall–Kier alpha value is -1.23. The van der Waals surface area contributed by atoms with Crippen molar-refractivity contribution in [3.8, 4) is 5.75 Å². The van der Waals surface area contributed by atoms with Crippen molar-refractivity contribution in [2.45, 2.75) is 18.7 Å². The van der Waals surface area contributed by atoms with Crippen LogP contribution in [-0.4, -0.2) is 22.5 Å². The zero-order valence-electron chi connectivity index (χ0n) is 7.12. The van der Waals surface area contributed by atoms with Crippen molar-refractivity contribution in [1.29, 1.82) is 0 Å². The highest BCUT2D eigenvalue weighted by molar-refractivity contribution is 5.26. The Balaban J connectivity index is 2.65. The first-order valence-electron chi connectivity index (χ1n) is 3.92. The smallest absolute Gasteiger partial charge is 0.414 e. The Bertz CT molecular complexity index is 292. The highest BCUT2D eigenvalue weighted by Gasteiger charge is 2.37. The van der Waals surface area contributed by atoms with Crippen molar-refractivity contribution in [2.24, 2.45) is 0 Å². The van der Waals surface area contributed by atoms with Crippen molar-refractivity contribution >= 4 is 0 Å². The third-order valence-electron chi connectivity index (χ3n) is 1.74. The molecule has 0 saturated carbocycles. The van der Waals surface area contributed by atoms with Gasteiger partial charge in [0.15, 0.2) is 6.10 Å². The van der Waals surface area contributed by atoms with Crippen molar-refractivity contribution in [3.63, 3.8) is 0 Å². The first-order valence-corrected chi connectivity index (χ1v) is 3.92. The van der Waals surface area contributed by atoms with Gasteiger partial charge >= 0.3 is 6.18 Å². The lowest BCUT2D eigenvalue weighted by Crippen LogP contribution is -2.30. The van der Waals surface area contributed by atoms with Gasteiger partial charge in [0, 0.05) is 6.42 Å². The summed E-state index contributed by atoms with van der Waals surface area (Å²) in [5, 5.41) is 17.6. The van der Waals surface area contributed by atoms with Crippen molar-refractivity contribution in [3.05, 3.63) is 29.8 Å². The van der Waals surface area contributed by atoms with Crippen LogP contribution in [0.3, 0.4) is 0 Å². The molecular formula is C9H9F3O2. The Morgan fingerprint density at radius 2 is 1.64 bits per heavy atom. The summed E-state index contributed by atoms with van der Waals surface area (Å²) >= 11 is 0. The molecule has 5 heteroatoms. The number of halogens is 3. The zero-order chi connectivity index (χ0) is 10.8. The molecule has 0 bridgehead atoms. The van der Waals surface area contributed by atoms with Crippen LogP contribution in [0.1, 0.15) is 5.56 Å². The minimum absolute atomic E-state index is 0.0183. The molecule has 1 atom stereocenters. The number of alkyl halides is 3. The molecule has 2 N–H and O–H groups in total. The first-order chi connectivity index (χ1) is 6.39. The molecule has 0 saturated heterocycles. The summed E-state index contributed by atoms with van der Waals surface area (Å²) in [5.41, 5.74) is 0.327. The Kier molecular flexibility index (Phi) is 3.00.